The van der Waals surface area contributed by atoms with Crippen molar-refractivity contribution in [1.29, 1.82) is 0 Å². The molecule has 0 aliphatic rings. The lowest BCUT2D eigenvalue weighted by atomic mass is 10.1. The number of carbonyl (C=O) groups is 2. The Kier molecular flexibility index (Phi) is 4.00. The maximum atomic E-state index is 12.1. The van der Waals surface area contributed by atoms with Crippen LogP contribution in [0.2, 0.25) is 5.02 Å². The molecule has 0 spiro atoms. The van der Waals surface area contributed by atoms with Crippen LogP contribution in [0.3, 0.4) is 0 Å². The Hall–Kier alpha value is -2.40. The second kappa shape index (κ2) is 5.71. The quantitative estimate of drug-likeness (QED) is 0.911. The van der Waals surface area contributed by atoms with E-state index in [-0.39, 0.29) is 16.3 Å². The normalized spacial score (nSPS) is 10.1. The highest BCUT2D eigenvalue weighted by atomic mass is 35.5. The Balaban J connectivity index is 2.33. The summed E-state index contributed by atoms with van der Waals surface area (Å²) in [7, 11) is 0. The van der Waals surface area contributed by atoms with Gasteiger partial charge in [0.25, 0.3) is 5.91 Å². The number of carboxylic acid groups (broad SMARTS) is 1. The molecule has 2 aromatic rings. The first-order valence-electron chi connectivity index (χ1n) is 5.74. The first-order valence-corrected chi connectivity index (χ1v) is 6.11. The highest BCUT2D eigenvalue weighted by Crippen LogP contribution is 2.24. The van der Waals surface area contributed by atoms with Crippen LogP contribution in [0.4, 0.5) is 5.69 Å². The Morgan fingerprint density at radius 1 is 1.30 bits per heavy atom. The minimum Gasteiger partial charge on any atom is -0.478 e. The molecule has 5 nitrogen and oxygen atoms in total. The van der Waals surface area contributed by atoms with E-state index in [0.29, 0.717) is 5.56 Å². The predicted octanol–water partition coefficient (Wildman–Crippen LogP) is 2.99. The van der Waals surface area contributed by atoms with E-state index in [2.05, 4.69) is 10.3 Å². The van der Waals surface area contributed by atoms with Crippen molar-refractivity contribution in [2.45, 2.75) is 6.92 Å². The standard InChI is InChI=1S/C14H11ClN2O3/c1-8-5-9(7-16-6-8)13(18)17-11-4-2-3-10(15)12(11)14(19)20/h2-7H,1H3,(H,17,18)(H,19,20). The number of anilines is 1. The average molecular weight is 291 g/mol. The Morgan fingerprint density at radius 3 is 2.70 bits per heavy atom. The summed E-state index contributed by atoms with van der Waals surface area (Å²) in [5.74, 6) is -1.64. The third-order valence-electron chi connectivity index (χ3n) is 2.61. The van der Waals surface area contributed by atoms with Crippen LogP contribution >= 0.6 is 11.6 Å². The second-order valence-electron chi connectivity index (χ2n) is 4.17. The van der Waals surface area contributed by atoms with Crippen LogP contribution in [0.15, 0.2) is 36.7 Å². The number of aryl methyl sites for hydroxylation is 1. The molecule has 1 heterocycles. The van der Waals surface area contributed by atoms with E-state index in [1.165, 1.54) is 18.3 Å². The molecule has 6 heteroatoms. The van der Waals surface area contributed by atoms with Gasteiger partial charge >= 0.3 is 5.97 Å². The van der Waals surface area contributed by atoms with Gasteiger partial charge in [-0.2, -0.15) is 0 Å². The van der Waals surface area contributed by atoms with Gasteiger partial charge < -0.3 is 10.4 Å². The summed E-state index contributed by atoms with van der Waals surface area (Å²) in [5, 5.41) is 11.7. The minimum absolute atomic E-state index is 0.0673. The molecular formula is C14H11ClN2O3. The van der Waals surface area contributed by atoms with Crippen molar-refractivity contribution < 1.29 is 14.7 Å². The molecule has 0 fully saturated rings. The molecule has 0 aliphatic heterocycles. The van der Waals surface area contributed by atoms with E-state index in [0.717, 1.165) is 5.56 Å². The van der Waals surface area contributed by atoms with Gasteiger partial charge in [-0.05, 0) is 30.7 Å². The van der Waals surface area contributed by atoms with Gasteiger partial charge in [0.2, 0.25) is 0 Å². The Labute approximate surface area is 120 Å². The van der Waals surface area contributed by atoms with Crippen molar-refractivity contribution in [3.63, 3.8) is 0 Å². The number of hydrogen-bond donors (Lipinski definition) is 2. The molecule has 0 saturated carbocycles. The molecule has 20 heavy (non-hydrogen) atoms. The van der Waals surface area contributed by atoms with Crippen molar-refractivity contribution in [3.05, 3.63) is 58.4 Å². The fraction of sp³-hybridized carbons (Fsp3) is 0.0714. The SMILES string of the molecule is Cc1cncc(C(=O)Nc2cccc(Cl)c2C(=O)O)c1. The number of aromatic nitrogens is 1. The number of pyridine rings is 1. The van der Waals surface area contributed by atoms with E-state index in [1.807, 2.05) is 6.92 Å². The molecule has 1 amide bonds. The van der Waals surface area contributed by atoms with Crippen molar-refractivity contribution in [3.8, 4) is 0 Å². The number of benzene rings is 1. The maximum Gasteiger partial charge on any atom is 0.339 e. The number of nitrogens with zero attached hydrogens (tertiary/aromatic N) is 1. The Bertz CT molecular complexity index is 686. The van der Waals surface area contributed by atoms with Crippen LogP contribution in [-0.4, -0.2) is 22.0 Å². The number of rotatable bonds is 3. The molecule has 2 N–H and O–H groups in total. The minimum atomic E-state index is -1.20. The molecule has 0 saturated heterocycles. The molecule has 1 aromatic heterocycles. The third kappa shape index (κ3) is 2.95. The van der Waals surface area contributed by atoms with Crippen LogP contribution < -0.4 is 5.32 Å². The Morgan fingerprint density at radius 2 is 2.05 bits per heavy atom. The first-order chi connectivity index (χ1) is 9.49. The fourth-order valence-corrected chi connectivity index (χ4v) is 1.97. The number of carboxylic acids is 1. The van der Waals surface area contributed by atoms with Gasteiger partial charge in [0.05, 0.1) is 16.3 Å². The third-order valence-corrected chi connectivity index (χ3v) is 2.93. The van der Waals surface area contributed by atoms with Crippen molar-refractivity contribution in [1.82, 2.24) is 4.98 Å². The molecule has 0 bridgehead atoms. The van der Waals surface area contributed by atoms with Crippen LogP contribution in [0.5, 0.6) is 0 Å². The van der Waals surface area contributed by atoms with E-state index < -0.39 is 11.9 Å². The van der Waals surface area contributed by atoms with Gasteiger partial charge in [0.15, 0.2) is 0 Å². The highest BCUT2D eigenvalue weighted by molar-refractivity contribution is 6.34. The summed E-state index contributed by atoms with van der Waals surface area (Å²) >= 11 is 5.83. The molecule has 0 aliphatic carbocycles. The van der Waals surface area contributed by atoms with E-state index in [9.17, 15) is 9.59 Å². The van der Waals surface area contributed by atoms with Crippen molar-refractivity contribution in [2.75, 3.05) is 5.32 Å². The van der Waals surface area contributed by atoms with Crippen LogP contribution in [0, 0.1) is 6.92 Å². The second-order valence-corrected chi connectivity index (χ2v) is 4.58. The van der Waals surface area contributed by atoms with Gasteiger partial charge in [0.1, 0.15) is 5.56 Å². The summed E-state index contributed by atoms with van der Waals surface area (Å²) < 4.78 is 0. The average Bonchev–Trinajstić information content (AvgIpc) is 2.38. The molecule has 0 radical (unpaired) electrons. The number of carbonyl (C=O) groups excluding carboxylic acids is 1. The summed E-state index contributed by atoms with van der Waals surface area (Å²) in [4.78, 5) is 27.2. The number of hydrogen-bond acceptors (Lipinski definition) is 3. The van der Waals surface area contributed by atoms with Crippen LogP contribution in [0.1, 0.15) is 26.3 Å². The predicted molar refractivity (Wildman–Crippen MR) is 75.3 cm³/mol. The molecule has 102 valence electrons. The number of aromatic carboxylic acids is 1. The largest absolute Gasteiger partial charge is 0.478 e. The van der Waals surface area contributed by atoms with E-state index in [4.69, 9.17) is 16.7 Å². The lowest BCUT2D eigenvalue weighted by Crippen LogP contribution is -2.15. The summed E-state index contributed by atoms with van der Waals surface area (Å²) in [5.41, 5.74) is 1.20. The molecule has 1 aromatic carbocycles. The van der Waals surface area contributed by atoms with Gasteiger partial charge in [-0.1, -0.05) is 17.7 Å². The highest BCUT2D eigenvalue weighted by Gasteiger charge is 2.16. The van der Waals surface area contributed by atoms with Crippen LogP contribution in [0.25, 0.3) is 0 Å². The lowest BCUT2D eigenvalue weighted by molar-refractivity contribution is 0.0698. The fourth-order valence-electron chi connectivity index (χ4n) is 1.72. The number of amides is 1. The van der Waals surface area contributed by atoms with Crippen LogP contribution in [-0.2, 0) is 0 Å². The molecule has 0 unspecified atom stereocenters. The van der Waals surface area contributed by atoms with Gasteiger partial charge in [-0.3, -0.25) is 9.78 Å². The first kappa shape index (κ1) is 14.0. The van der Waals surface area contributed by atoms with E-state index in [1.54, 1.807) is 18.3 Å². The van der Waals surface area contributed by atoms with E-state index >= 15 is 0 Å². The monoisotopic (exact) mass is 290 g/mol. The zero-order valence-electron chi connectivity index (χ0n) is 10.6. The zero-order chi connectivity index (χ0) is 14.7. The summed E-state index contributed by atoms with van der Waals surface area (Å²) in [6.07, 6.45) is 3.03. The van der Waals surface area contributed by atoms with Crippen molar-refractivity contribution >= 4 is 29.2 Å². The number of nitrogens with one attached hydrogen (secondary N) is 1. The van der Waals surface area contributed by atoms with Gasteiger partial charge in [0, 0.05) is 12.4 Å². The van der Waals surface area contributed by atoms with Crippen molar-refractivity contribution in [2.24, 2.45) is 0 Å². The number of halogens is 1. The molecular weight excluding hydrogens is 280 g/mol. The smallest absolute Gasteiger partial charge is 0.339 e. The zero-order valence-corrected chi connectivity index (χ0v) is 11.3. The molecule has 2 rings (SSSR count). The van der Waals surface area contributed by atoms with Gasteiger partial charge in [-0.25, -0.2) is 4.79 Å². The topological polar surface area (TPSA) is 79.3 Å². The van der Waals surface area contributed by atoms with Gasteiger partial charge in [-0.15, -0.1) is 0 Å². The maximum absolute atomic E-state index is 12.1. The molecule has 0 atom stereocenters. The summed E-state index contributed by atoms with van der Waals surface area (Å²) in [6, 6.07) is 6.16. The summed E-state index contributed by atoms with van der Waals surface area (Å²) in [6.45, 7) is 1.81. The lowest BCUT2D eigenvalue weighted by Gasteiger charge is -2.09.